The highest BCUT2D eigenvalue weighted by atomic mass is 16.5. The molecular weight excluding hydrogens is 360 g/mol. The van der Waals surface area contributed by atoms with Crippen molar-refractivity contribution < 1.29 is 14.3 Å². The van der Waals surface area contributed by atoms with Crippen molar-refractivity contribution in [3.8, 4) is 5.75 Å². The molecule has 0 aliphatic carbocycles. The summed E-state index contributed by atoms with van der Waals surface area (Å²) in [4.78, 5) is 11.7. The fraction of sp³-hybridized carbons (Fsp3) is 0.654. The van der Waals surface area contributed by atoms with Gasteiger partial charge >= 0.3 is 5.97 Å². The second kappa shape index (κ2) is 18.3. The van der Waals surface area contributed by atoms with Gasteiger partial charge in [0.25, 0.3) is 0 Å². The molecular formula is C26H42O3. The fourth-order valence-corrected chi connectivity index (χ4v) is 3.40. The summed E-state index contributed by atoms with van der Waals surface area (Å²) in [7, 11) is 1.64. The van der Waals surface area contributed by atoms with E-state index in [1.54, 1.807) is 13.2 Å². The van der Waals surface area contributed by atoms with E-state index in [1.165, 1.54) is 83.1 Å². The van der Waals surface area contributed by atoms with Gasteiger partial charge in [-0.25, -0.2) is 4.79 Å². The Bertz CT molecular complexity index is 533. The number of rotatable bonds is 18. The van der Waals surface area contributed by atoms with E-state index in [1.807, 2.05) is 24.3 Å². The van der Waals surface area contributed by atoms with Crippen molar-refractivity contribution in [1.82, 2.24) is 0 Å². The van der Waals surface area contributed by atoms with Crippen LogP contribution in [0.15, 0.2) is 30.3 Å². The Morgan fingerprint density at radius 1 is 0.759 bits per heavy atom. The van der Waals surface area contributed by atoms with Gasteiger partial charge in [0, 0.05) is 6.08 Å². The van der Waals surface area contributed by atoms with Crippen LogP contribution in [0.1, 0.15) is 102 Å². The Balaban J connectivity index is 1.87. The molecule has 0 atom stereocenters. The van der Waals surface area contributed by atoms with Crippen molar-refractivity contribution in [3.05, 3.63) is 35.9 Å². The van der Waals surface area contributed by atoms with Crippen LogP contribution >= 0.6 is 0 Å². The summed E-state index contributed by atoms with van der Waals surface area (Å²) in [6, 6.07) is 7.58. The summed E-state index contributed by atoms with van der Waals surface area (Å²) >= 11 is 0. The normalized spacial score (nSPS) is 11.1. The number of carbonyl (C=O) groups excluding carboxylic acids is 1. The van der Waals surface area contributed by atoms with Gasteiger partial charge < -0.3 is 9.47 Å². The molecule has 0 saturated heterocycles. The lowest BCUT2D eigenvalue weighted by Crippen LogP contribution is -2.02. The van der Waals surface area contributed by atoms with Crippen molar-refractivity contribution in [3.63, 3.8) is 0 Å². The van der Waals surface area contributed by atoms with E-state index in [2.05, 4.69) is 6.92 Å². The molecule has 0 aliphatic rings. The Kier molecular flexibility index (Phi) is 15.9. The smallest absolute Gasteiger partial charge is 0.330 e. The SMILES string of the molecule is CCCCCCCCCCCCCCCCOC(=O)C=Cc1ccc(OC)cc1. The third-order valence-electron chi connectivity index (χ3n) is 5.27. The van der Waals surface area contributed by atoms with E-state index in [0.717, 1.165) is 24.2 Å². The second-order valence-electron chi connectivity index (χ2n) is 7.87. The topological polar surface area (TPSA) is 35.5 Å². The minimum absolute atomic E-state index is 0.268. The lowest BCUT2D eigenvalue weighted by molar-refractivity contribution is -0.137. The first-order valence-corrected chi connectivity index (χ1v) is 11.7. The molecule has 164 valence electrons. The van der Waals surface area contributed by atoms with Gasteiger partial charge in [-0.15, -0.1) is 0 Å². The lowest BCUT2D eigenvalue weighted by Gasteiger charge is -2.04. The molecule has 0 aliphatic heterocycles. The van der Waals surface area contributed by atoms with Crippen molar-refractivity contribution in [2.45, 2.75) is 96.8 Å². The molecule has 0 bridgehead atoms. The Hall–Kier alpha value is -1.77. The summed E-state index contributed by atoms with van der Waals surface area (Å²) in [5.41, 5.74) is 0.958. The highest BCUT2D eigenvalue weighted by Gasteiger charge is 1.98. The number of ether oxygens (including phenoxy) is 2. The van der Waals surface area contributed by atoms with E-state index in [4.69, 9.17) is 9.47 Å². The molecule has 3 nitrogen and oxygen atoms in total. The van der Waals surface area contributed by atoms with Crippen LogP contribution in [0, 0.1) is 0 Å². The van der Waals surface area contributed by atoms with Crippen LogP contribution in [0.4, 0.5) is 0 Å². The standard InChI is InChI=1S/C26H42O3/c1-3-4-5-6-7-8-9-10-11-12-13-14-15-16-23-29-26(27)22-19-24-17-20-25(28-2)21-18-24/h17-22H,3-16,23H2,1-2H3. The average molecular weight is 403 g/mol. The summed E-state index contributed by atoms with van der Waals surface area (Å²) < 4.78 is 10.4. The van der Waals surface area contributed by atoms with Crippen LogP contribution < -0.4 is 4.74 Å². The van der Waals surface area contributed by atoms with Gasteiger partial charge in [0.2, 0.25) is 0 Å². The summed E-state index contributed by atoms with van der Waals surface area (Å²) in [5, 5.41) is 0. The Morgan fingerprint density at radius 3 is 1.72 bits per heavy atom. The van der Waals surface area contributed by atoms with Gasteiger partial charge in [0.05, 0.1) is 13.7 Å². The van der Waals surface area contributed by atoms with Crippen molar-refractivity contribution in [2.75, 3.05) is 13.7 Å². The fourth-order valence-electron chi connectivity index (χ4n) is 3.40. The van der Waals surface area contributed by atoms with E-state index < -0.39 is 0 Å². The molecule has 29 heavy (non-hydrogen) atoms. The van der Waals surface area contributed by atoms with Crippen LogP contribution in [0.2, 0.25) is 0 Å². The highest BCUT2D eigenvalue weighted by Crippen LogP contribution is 2.14. The van der Waals surface area contributed by atoms with Gasteiger partial charge in [-0.05, 0) is 30.2 Å². The van der Waals surface area contributed by atoms with Gasteiger partial charge in [0.1, 0.15) is 5.75 Å². The van der Waals surface area contributed by atoms with Crippen LogP contribution in [-0.4, -0.2) is 19.7 Å². The van der Waals surface area contributed by atoms with Gasteiger partial charge in [0.15, 0.2) is 0 Å². The van der Waals surface area contributed by atoms with Crippen LogP contribution in [-0.2, 0) is 9.53 Å². The zero-order valence-electron chi connectivity index (χ0n) is 18.8. The quantitative estimate of drug-likeness (QED) is 0.143. The molecule has 0 radical (unpaired) electrons. The molecule has 0 unspecified atom stereocenters. The first-order valence-electron chi connectivity index (χ1n) is 11.7. The first kappa shape index (κ1) is 25.3. The summed E-state index contributed by atoms with van der Waals surface area (Å²) in [6.45, 7) is 2.79. The van der Waals surface area contributed by atoms with Gasteiger partial charge in [-0.2, -0.15) is 0 Å². The predicted molar refractivity (Wildman–Crippen MR) is 123 cm³/mol. The number of benzene rings is 1. The molecule has 1 aromatic rings. The third kappa shape index (κ3) is 14.8. The molecule has 3 heteroatoms. The second-order valence-corrected chi connectivity index (χ2v) is 7.87. The number of unbranched alkanes of at least 4 members (excludes halogenated alkanes) is 13. The largest absolute Gasteiger partial charge is 0.497 e. The van der Waals surface area contributed by atoms with Crippen LogP contribution in [0.5, 0.6) is 5.75 Å². The number of hydrogen-bond acceptors (Lipinski definition) is 3. The molecule has 0 aromatic heterocycles. The molecule has 0 amide bonds. The number of hydrogen-bond donors (Lipinski definition) is 0. The maximum absolute atomic E-state index is 11.7. The minimum Gasteiger partial charge on any atom is -0.497 e. The van der Waals surface area contributed by atoms with Crippen molar-refractivity contribution in [1.29, 1.82) is 0 Å². The zero-order chi connectivity index (χ0) is 21.0. The first-order chi connectivity index (χ1) is 14.3. The third-order valence-corrected chi connectivity index (χ3v) is 5.27. The maximum Gasteiger partial charge on any atom is 0.330 e. The van der Waals surface area contributed by atoms with Crippen molar-refractivity contribution in [2.24, 2.45) is 0 Å². The van der Waals surface area contributed by atoms with E-state index in [9.17, 15) is 4.79 Å². The number of methoxy groups -OCH3 is 1. The van der Waals surface area contributed by atoms with E-state index in [0.29, 0.717) is 6.61 Å². The number of esters is 1. The summed E-state index contributed by atoms with van der Waals surface area (Å²) in [5.74, 6) is 0.540. The monoisotopic (exact) mass is 402 g/mol. The van der Waals surface area contributed by atoms with Gasteiger partial charge in [-0.3, -0.25) is 0 Å². The predicted octanol–water partition coefficient (Wildman–Crippen LogP) is 7.73. The van der Waals surface area contributed by atoms with E-state index in [-0.39, 0.29) is 5.97 Å². The van der Waals surface area contributed by atoms with Crippen molar-refractivity contribution >= 4 is 12.0 Å². The lowest BCUT2D eigenvalue weighted by atomic mass is 10.0. The Labute approximate surface area is 178 Å². The summed E-state index contributed by atoms with van der Waals surface area (Å²) in [6.07, 6.45) is 21.9. The van der Waals surface area contributed by atoms with Gasteiger partial charge in [-0.1, -0.05) is 103 Å². The minimum atomic E-state index is -0.268. The zero-order valence-corrected chi connectivity index (χ0v) is 18.8. The van der Waals surface area contributed by atoms with E-state index >= 15 is 0 Å². The molecule has 0 spiro atoms. The highest BCUT2D eigenvalue weighted by molar-refractivity contribution is 5.87. The van der Waals surface area contributed by atoms with Crippen LogP contribution in [0.25, 0.3) is 6.08 Å². The van der Waals surface area contributed by atoms with Crippen LogP contribution in [0.3, 0.4) is 0 Å². The molecule has 0 saturated carbocycles. The molecule has 0 N–H and O–H groups in total. The number of carbonyl (C=O) groups is 1. The Morgan fingerprint density at radius 2 is 1.24 bits per heavy atom. The average Bonchev–Trinajstić information content (AvgIpc) is 2.75. The molecule has 0 heterocycles. The molecule has 1 aromatic carbocycles. The molecule has 1 rings (SSSR count). The molecule has 0 fully saturated rings. The maximum atomic E-state index is 11.7.